The monoisotopic (exact) mass is 1680 g/mol. The van der Waals surface area contributed by atoms with Crippen LogP contribution in [0.4, 0.5) is 64.4 Å². The summed E-state index contributed by atoms with van der Waals surface area (Å²) in [6.07, 6.45) is 0. The normalized spacial score (nSPS) is 11.6. The summed E-state index contributed by atoms with van der Waals surface area (Å²) in [6, 6.07) is 124. The zero-order valence-corrected chi connectivity index (χ0v) is 67.9. The summed E-state index contributed by atoms with van der Waals surface area (Å²) >= 11 is 11.2. The van der Waals surface area contributed by atoms with E-state index >= 15 is 0 Å². The number of aryl methyl sites for hydroxylation is 4. The average Bonchev–Trinajstić information content (AvgIpc) is 0.738. The highest BCUT2D eigenvalue weighted by molar-refractivity contribution is 9.11. The van der Waals surface area contributed by atoms with E-state index in [1.54, 1.807) is 17.0 Å². The van der Waals surface area contributed by atoms with Gasteiger partial charge in [0.25, 0.3) is 0 Å². The van der Waals surface area contributed by atoms with Crippen LogP contribution in [0.2, 0.25) is 0 Å². The van der Waals surface area contributed by atoms with Crippen molar-refractivity contribution >= 4 is 196 Å². The number of hydrogen-bond acceptors (Lipinski definition) is 3. The summed E-state index contributed by atoms with van der Waals surface area (Å²) in [4.78, 5) is 6.28. The van der Waals surface area contributed by atoms with Crippen LogP contribution in [0.25, 0.3) is 130 Å². The van der Waals surface area contributed by atoms with Crippen molar-refractivity contribution in [3.8, 4) is 33.4 Å². The molecule has 0 amide bonds. The van der Waals surface area contributed by atoms with E-state index in [1.807, 2.05) is 42.5 Å². The summed E-state index contributed by atoms with van der Waals surface area (Å²) < 4.78 is 46.3. The minimum absolute atomic E-state index is 0.0684. The van der Waals surface area contributed by atoms with Gasteiger partial charge in [-0.05, 0) is 284 Å². The van der Waals surface area contributed by atoms with Crippen LogP contribution in [0, 0.1) is 45.1 Å². The van der Waals surface area contributed by atoms with Crippen LogP contribution >= 0.6 is 47.8 Å². The lowest BCUT2D eigenvalue weighted by atomic mass is 9.90. The van der Waals surface area contributed by atoms with Gasteiger partial charge in [-0.2, -0.15) is 0 Å². The van der Waals surface area contributed by atoms with Crippen molar-refractivity contribution in [1.82, 2.24) is 0 Å². The molecular formula is C106H71Br3F3N3. The van der Waals surface area contributed by atoms with Crippen LogP contribution in [-0.4, -0.2) is 0 Å². The summed E-state index contributed by atoms with van der Waals surface area (Å²) in [5, 5.41) is 22.7. The number of para-hydroxylation sites is 3. The average molecular weight is 1680 g/mol. The lowest BCUT2D eigenvalue weighted by Gasteiger charge is -2.29. The second kappa shape index (κ2) is 30.0. The number of rotatable bonds is 12. The van der Waals surface area contributed by atoms with Crippen molar-refractivity contribution in [2.24, 2.45) is 0 Å². The predicted octanol–water partition coefficient (Wildman–Crippen LogP) is 33.1. The third-order valence-electron chi connectivity index (χ3n) is 22.6. The third-order valence-corrected chi connectivity index (χ3v) is 24.7. The molecule has 21 aromatic rings. The first-order chi connectivity index (χ1) is 56.2. The summed E-state index contributed by atoms with van der Waals surface area (Å²) in [7, 11) is 0. The van der Waals surface area contributed by atoms with Gasteiger partial charge in [-0.3, -0.25) is 0 Å². The van der Waals surface area contributed by atoms with E-state index in [1.165, 1.54) is 154 Å². The number of halogens is 6. The van der Waals surface area contributed by atoms with Gasteiger partial charge in [-0.25, -0.2) is 13.2 Å². The minimum atomic E-state index is -1.50. The molecule has 0 aliphatic carbocycles. The zero-order chi connectivity index (χ0) is 78.3. The Morgan fingerprint density at radius 1 is 0.217 bits per heavy atom. The van der Waals surface area contributed by atoms with Gasteiger partial charge in [0.1, 0.15) is 0 Å². The van der Waals surface area contributed by atoms with Crippen molar-refractivity contribution in [1.29, 1.82) is 0 Å². The van der Waals surface area contributed by atoms with Crippen LogP contribution in [0.15, 0.2) is 371 Å². The standard InChI is InChI=1S/C38H30BrN.C34H19BrF3N.C34H22BrN/c1-23-5-19-35(25(3)21-23)40(36-20-6-24(2)22-26(36)4)30-13-7-27(8-14-30)31-15-9-28-11-17-33-34(39)18-12-29-10-16-32(31)37(28)38(29)33;35-28-17-11-22-9-15-26-25(14-8-21-10-16-27(28)32(22)31(21)26)20-6-12-24(13-7-20)39(23-4-2-1-3-5-23)30-19-18-29(36)33(37)34(30)38;35-32-22-16-25-14-20-30-29(19-13-24-15-21-31(32)34(25)33(24)30)23-11-17-28(18-12-23)36(26-7-3-1-4-8-26)27-9-5-2-6-10-27/h5-22H,1-4H3;1-19H;1-22H. The Morgan fingerprint density at radius 2 is 0.487 bits per heavy atom. The van der Waals surface area contributed by atoms with Gasteiger partial charge in [-0.1, -0.05) is 302 Å². The Labute approximate surface area is 690 Å². The lowest BCUT2D eigenvalue weighted by Crippen LogP contribution is -2.13. The van der Waals surface area contributed by atoms with E-state index in [9.17, 15) is 13.2 Å². The topological polar surface area (TPSA) is 9.72 Å². The van der Waals surface area contributed by atoms with Gasteiger partial charge in [0.15, 0.2) is 17.5 Å². The third kappa shape index (κ3) is 13.1. The lowest BCUT2D eigenvalue weighted by molar-refractivity contribution is 0.448. The van der Waals surface area contributed by atoms with E-state index in [0.717, 1.165) is 58.7 Å². The maximum absolute atomic E-state index is 15.0. The van der Waals surface area contributed by atoms with Gasteiger partial charge in [0.05, 0.1) is 5.69 Å². The molecule has 0 saturated heterocycles. The van der Waals surface area contributed by atoms with Gasteiger partial charge < -0.3 is 14.7 Å². The molecule has 0 N–H and O–H groups in total. The molecule has 9 heteroatoms. The maximum Gasteiger partial charge on any atom is 0.196 e. The van der Waals surface area contributed by atoms with Crippen molar-refractivity contribution < 1.29 is 13.2 Å². The summed E-state index contributed by atoms with van der Waals surface area (Å²) in [6.45, 7) is 8.72. The van der Waals surface area contributed by atoms with Crippen LogP contribution in [0.1, 0.15) is 22.3 Å². The van der Waals surface area contributed by atoms with E-state index in [0.29, 0.717) is 11.4 Å². The van der Waals surface area contributed by atoms with Gasteiger partial charge in [0, 0.05) is 58.9 Å². The molecule has 0 atom stereocenters. The molecule has 0 saturated carbocycles. The molecule has 0 radical (unpaired) electrons. The maximum atomic E-state index is 15.0. The number of hydrogen-bond donors (Lipinski definition) is 0. The fourth-order valence-corrected chi connectivity index (χ4v) is 18.6. The molecule has 0 aliphatic heterocycles. The Bertz CT molecular complexity index is 7170. The molecule has 21 rings (SSSR count). The van der Waals surface area contributed by atoms with Crippen LogP contribution in [0.3, 0.4) is 0 Å². The summed E-state index contributed by atoms with van der Waals surface area (Å²) in [5.41, 5.74) is 20.3. The number of anilines is 9. The van der Waals surface area contributed by atoms with Crippen LogP contribution in [-0.2, 0) is 0 Å². The van der Waals surface area contributed by atoms with Gasteiger partial charge >= 0.3 is 0 Å². The first-order valence-corrected chi connectivity index (χ1v) is 40.8. The SMILES string of the molecule is Brc1ccc2ccc3c(-c4ccc(N(c5ccccc5)c5ccccc5)cc4)ccc4ccc1c2c43.Cc1ccc(N(c2ccc(-c3ccc4ccc5c(Br)ccc6ccc3c4c65)cc2)c2ccc(C)cc2C)c(C)c1.Fc1ccc(N(c2ccccc2)c2ccc(-c3ccc4ccc5c(Br)ccc6ccc3c4c65)cc2)c(F)c1F. The van der Waals surface area contributed by atoms with E-state index in [-0.39, 0.29) is 5.69 Å². The Hall–Kier alpha value is -12.6. The van der Waals surface area contributed by atoms with E-state index < -0.39 is 17.5 Å². The van der Waals surface area contributed by atoms with Crippen LogP contribution in [0.5, 0.6) is 0 Å². The Balaban J connectivity index is 0.000000116. The molecule has 3 nitrogen and oxygen atoms in total. The van der Waals surface area contributed by atoms with Crippen molar-refractivity contribution in [2.75, 3.05) is 14.7 Å². The predicted molar refractivity (Wildman–Crippen MR) is 493 cm³/mol. The van der Waals surface area contributed by atoms with E-state index in [4.69, 9.17) is 0 Å². The smallest absolute Gasteiger partial charge is 0.196 e. The van der Waals surface area contributed by atoms with Crippen LogP contribution < -0.4 is 14.7 Å². The van der Waals surface area contributed by atoms with Crippen molar-refractivity contribution in [2.45, 2.75) is 27.7 Å². The van der Waals surface area contributed by atoms with Crippen molar-refractivity contribution in [3.63, 3.8) is 0 Å². The molecule has 21 aromatic carbocycles. The molecule has 0 fully saturated rings. The van der Waals surface area contributed by atoms with Gasteiger partial charge in [-0.15, -0.1) is 0 Å². The molecule has 552 valence electrons. The minimum Gasteiger partial charge on any atom is -0.311 e. The molecular weight excluding hydrogens is 1610 g/mol. The molecule has 0 aliphatic rings. The van der Waals surface area contributed by atoms with E-state index in [2.05, 4.69) is 376 Å². The highest BCUT2D eigenvalue weighted by Gasteiger charge is 2.25. The molecule has 115 heavy (non-hydrogen) atoms. The Morgan fingerprint density at radius 3 is 0.826 bits per heavy atom. The zero-order valence-electron chi connectivity index (χ0n) is 63.2. The molecule has 0 heterocycles. The number of nitrogens with zero attached hydrogens (tertiary/aromatic N) is 3. The largest absolute Gasteiger partial charge is 0.311 e. The molecule has 0 spiro atoms. The molecule has 0 unspecified atom stereocenters. The fourth-order valence-electron chi connectivity index (χ4n) is 17.2. The number of benzene rings is 21. The first kappa shape index (κ1) is 72.6. The highest BCUT2D eigenvalue weighted by Crippen LogP contribution is 2.49. The first-order valence-electron chi connectivity index (χ1n) is 38.4. The molecule has 0 aromatic heterocycles. The quantitative estimate of drug-likeness (QED) is 0.0892. The second-order valence-electron chi connectivity index (χ2n) is 29.7. The fraction of sp³-hybridized carbons (Fsp3) is 0.0377. The second-order valence-corrected chi connectivity index (χ2v) is 32.2. The van der Waals surface area contributed by atoms with Gasteiger partial charge in [0.2, 0.25) is 0 Å². The molecule has 0 bridgehead atoms. The summed E-state index contributed by atoms with van der Waals surface area (Å²) in [5.74, 6) is -3.95. The Kier molecular flexibility index (Phi) is 19.0. The highest BCUT2D eigenvalue weighted by atomic mass is 79.9. The van der Waals surface area contributed by atoms with Crippen molar-refractivity contribution in [3.05, 3.63) is 411 Å².